The second-order valence-electron chi connectivity index (χ2n) is 6.91. The number of nitrogens with zero attached hydrogens (tertiary/aromatic N) is 1. The highest BCUT2D eigenvalue weighted by Gasteiger charge is 2.14. The summed E-state index contributed by atoms with van der Waals surface area (Å²) in [7, 11) is -3.79. The Hall–Kier alpha value is -3.38. The minimum Gasteiger partial charge on any atom is -0.493 e. The van der Waals surface area contributed by atoms with Gasteiger partial charge in [-0.25, -0.2) is 4.83 Å². The molecule has 0 heterocycles. The SMILES string of the molecule is CCCOc1ccc2ccccc2c1/C=N\NS(=O)(=O)c1ccc2ccccc2c1. The van der Waals surface area contributed by atoms with E-state index >= 15 is 0 Å². The van der Waals surface area contributed by atoms with E-state index < -0.39 is 10.0 Å². The predicted molar refractivity (Wildman–Crippen MR) is 122 cm³/mol. The Morgan fingerprint density at radius 2 is 1.60 bits per heavy atom. The molecule has 0 bridgehead atoms. The Labute approximate surface area is 176 Å². The van der Waals surface area contributed by atoms with Crippen LogP contribution >= 0.6 is 0 Å². The fourth-order valence-electron chi connectivity index (χ4n) is 3.29. The summed E-state index contributed by atoms with van der Waals surface area (Å²) in [5, 5.41) is 7.85. The first-order valence-electron chi connectivity index (χ1n) is 9.77. The zero-order valence-electron chi connectivity index (χ0n) is 16.6. The van der Waals surface area contributed by atoms with Crippen LogP contribution in [-0.4, -0.2) is 21.2 Å². The lowest BCUT2D eigenvalue weighted by atomic mass is 10.0. The molecule has 0 amide bonds. The molecule has 152 valence electrons. The van der Waals surface area contributed by atoms with Gasteiger partial charge in [-0.1, -0.05) is 67.6 Å². The van der Waals surface area contributed by atoms with Gasteiger partial charge in [-0.3, -0.25) is 0 Å². The predicted octanol–water partition coefficient (Wildman–Crippen LogP) is 5.09. The van der Waals surface area contributed by atoms with Crippen LogP contribution in [0.1, 0.15) is 18.9 Å². The Kier molecular flexibility index (Phi) is 5.68. The number of hydrogen-bond acceptors (Lipinski definition) is 4. The number of benzene rings is 4. The lowest BCUT2D eigenvalue weighted by Gasteiger charge is -2.11. The molecule has 0 aromatic heterocycles. The number of sulfonamides is 1. The molecule has 30 heavy (non-hydrogen) atoms. The van der Waals surface area contributed by atoms with Crippen LogP contribution in [0.2, 0.25) is 0 Å². The van der Waals surface area contributed by atoms with Gasteiger partial charge in [0.05, 0.1) is 17.7 Å². The van der Waals surface area contributed by atoms with Crippen LogP contribution in [0.5, 0.6) is 5.75 Å². The molecule has 0 aliphatic rings. The van der Waals surface area contributed by atoms with Gasteiger partial charge in [0.25, 0.3) is 10.0 Å². The fraction of sp³-hybridized carbons (Fsp3) is 0.125. The van der Waals surface area contributed by atoms with Crippen molar-refractivity contribution in [3.05, 3.63) is 84.4 Å². The maximum atomic E-state index is 12.7. The highest BCUT2D eigenvalue weighted by atomic mass is 32.2. The average molecular weight is 419 g/mol. The van der Waals surface area contributed by atoms with Crippen molar-refractivity contribution in [3.63, 3.8) is 0 Å². The van der Waals surface area contributed by atoms with Crippen LogP contribution in [0.25, 0.3) is 21.5 Å². The smallest absolute Gasteiger partial charge is 0.276 e. The number of fused-ring (bicyclic) bond motifs is 2. The Morgan fingerprint density at radius 1 is 0.900 bits per heavy atom. The van der Waals surface area contributed by atoms with Gasteiger partial charge in [-0.15, -0.1) is 0 Å². The zero-order chi connectivity index (χ0) is 21.0. The first-order valence-corrected chi connectivity index (χ1v) is 11.2. The second-order valence-corrected chi connectivity index (χ2v) is 8.57. The summed E-state index contributed by atoms with van der Waals surface area (Å²) in [6.07, 6.45) is 2.38. The Balaban J connectivity index is 1.65. The topological polar surface area (TPSA) is 67.8 Å². The zero-order valence-corrected chi connectivity index (χ0v) is 17.4. The third-order valence-electron chi connectivity index (χ3n) is 4.79. The van der Waals surface area contributed by atoms with E-state index in [1.165, 1.54) is 6.21 Å². The molecule has 0 aliphatic heterocycles. The van der Waals surface area contributed by atoms with Gasteiger partial charge in [0.1, 0.15) is 5.75 Å². The molecule has 0 fully saturated rings. The number of nitrogens with one attached hydrogen (secondary N) is 1. The highest BCUT2D eigenvalue weighted by molar-refractivity contribution is 7.89. The first-order chi connectivity index (χ1) is 14.6. The van der Waals surface area contributed by atoms with Crippen molar-refractivity contribution in [2.24, 2.45) is 5.10 Å². The van der Waals surface area contributed by atoms with Crippen LogP contribution in [0, 0.1) is 0 Å². The molecule has 1 N–H and O–H groups in total. The highest BCUT2D eigenvalue weighted by Crippen LogP contribution is 2.27. The first kappa shape index (κ1) is 19.9. The van der Waals surface area contributed by atoms with E-state index in [9.17, 15) is 8.42 Å². The normalized spacial score (nSPS) is 11.9. The van der Waals surface area contributed by atoms with Crippen molar-refractivity contribution >= 4 is 37.8 Å². The number of hydrogen-bond donors (Lipinski definition) is 1. The van der Waals surface area contributed by atoms with Crippen LogP contribution in [0.15, 0.2) is 88.9 Å². The van der Waals surface area contributed by atoms with Crippen molar-refractivity contribution in [2.45, 2.75) is 18.2 Å². The maximum absolute atomic E-state index is 12.7. The Morgan fingerprint density at radius 3 is 2.40 bits per heavy atom. The lowest BCUT2D eigenvalue weighted by molar-refractivity contribution is 0.317. The van der Waals surface area contributed by atoms with E-state index in [0.717, 1.165) is 33.5 Å². The molecule has 4 aromatic carbocycles. The van der Waals surface area contributed by atoms with Gasteiger partial charge in [-0.2, -0.15) is 13.5 Å². The molecule has 0 spiro atoms. The van der Waals surface area contributed by atoms with Gasteiger partial charge in [0.15, 0.2) is 0 Å². The third kappa shape index (κ3) is 4.14. The molecule has 5 nitrogen and oxygen atoms in total. The van der Waals surface area contributed by atoms with Crippen LogP contribution in [-0.2, 0) is 10.0 Å². The summed E-state index contributed by atoms with van der Waals surface area (Å²) in [5.41, 5.74) is 0.739. The number of rotatable bonds is 7. The molecule has 6 heteroatoms. The minimum atomic E-state index is -3.79. The maximum Gasteiger partial charge on any atom is 0.276 e. The van der Waals surface area contributed by atoms with E-state index in [2.05, 4.69) is 9.93 Å². The molecule has 0 unspecified atom stereocenters. The van der Waals surface area contributed by atoms with Gasteiger partial charge in [-0.05, 0) is 46.2 Å². The van der Waals surface area contributed by atoms with Gasteiger partial charge in [0, 0.05) is 5.56 Å². The molecule has 0 radical (unpaired) electrons. The quantitative estimate of drug-likeness (QED) is 0.336. The molecule has 0 aliphatic carbocycles. The summed E-state index contributed by atoms with van der Waals surface area (Å²) in [6, 6.07) is 24.3. The number of hydrazone groups is 1. The summed E-state index contributed by atoms with van der Waals surface area (Å²) in [4.78, 5) is 2.49. The van der Waals surface area contributed by atoms with E-state index in [-0.39, 0.29) is 4.90 Å². The summed E-state index contributed by atoms with van der Waals surface area (Å²) in [6.45, 7) is 2.61. The molecular formula is C24H22N2O3S. The average Bonchev–Trinajstić information content (AvgIpc) is 2.78. The largest absolute Gasteiger partial charge is 0.493 e. The summed E-state index contributed by atoms with van der Waals surface area (Å²) >= 11 is 0. The van der Waals surface area contributed by atoms with E-state index in [1.807, 2.05) is 67.6 Å². The van der Waals surface area contributed by atoms with Crippen LogP contribution < -0.4 is 9.57 Å². The molecule has 4 rings (SSSR count). The fourth-order valence-corrected chi connectivity index (χ4v) is 4.12. The second kappa shape index (κ2) is 8.55. The van der Waals surface area contributed by atoms with Crippen LogP contribution in [0.4, 0.5) is 0 Å². The van der Waals surface area contributed by atoms with Crippen molar-refractivity contribution in [2.75, 3.05) is 6.61 Å². The summed E-state index contributed by atoms with van der Waals surface area (Å²) in [5.74, 6) is 0.671. The molecular weight excluding hydrogens is 396 g/mol. The van der Waals surface area contributed by atoms with E-state index in [0.29, 0.717) is 12.4 Å². The van der Waals surface area contributed by atoms with E-state index in [1.54, 1.807) is 18.2 Å². The standard InChI is InChI=1S/C24H22N2O3S/c1-2-15-29-24-14-12-19-8-5-6-10-22(19)23(24)17-25-26-30(27,28)21-13-11-18-7-3-4-9-20(18)16-21/h3-14,16-17,26H,2,15H2,1H3/b25-17-. The molecule has 0 saturated carbocycles. The van der Waals surface area contributed by atoms with Gasteiger partial charge in [0.2, 0.25) is 0 Å². The Bertz CT molecular complexity index is 1330. The van der Waals surface area contributed by atoms with Gasteiger partial charge >= 0.3 is 0 Å². The number of ether oxygens (including phenoxy) is 1. The molecule has 4 aromatic rings. The summed E-state index contributed by atoms with van der Waals surface area (Å²) < 4.78 is 31.3. The third-order valence-corrected chi connectivity index (χ3v) is 6.01. The lowest BCUT2D eigenvalue weighted by Crippen LogP contribution is -2.18. The molecule has 0 saturated heterocycles. The minimum absolute atomic E-state index is 0.165. The van der Waals surface area contributed by atoms with E-state index in [4.69, 9.17) is 4.74 Å². The van der Waals surface area contributed by atoms with Crippen molar-refractivity contribution in [1.29, 1.82) is 0 Å². The van der Waals surface area contributed by atoms with Gasteiger partial charge < -0.3 is 4.74 Å². The van der Waals surface area contributed by atoms with Crippen molar-refractivity contribution in [3.8, 4) is 5.75 Å². The van der Waals surface area contributed by atoms with Crippen LogP contribution in [0.3, 0.4) is 0 Å². The van der Waals surface area contributed by atoms with Crippen molar-refractivity contribution in [1.82, 2.24) is 4.83 Å². The molecule has 0 atom stereocenters. The monoisotopic (exact) mass is 418 g/mol. The van der Waals surface area contributed by atoms with Crippen molar-refractivity contribution < 1.29 is 13.2 Å².